The summed E-state index contributed by atoms with van der Waals surface area (Å²) >= 11 is 0. The Morgan fingerprint density at radius 2 is 1.00 bits per heavy atom. The maximum atomic E-state index is 11.4. The summed E-state index contributed by atoms with van der Waals surface area (Å²) < 4.78 is 0. The van der Waals surface area contributed by atoms with Gasteiger partial charge in [-0.15, -0.1) is 0 Å². The molecule has 0 radical (unpaired) electrons. The van der Waals surface area contributed by atoms with E-state index in [9.17, 15) is 19.2 Å². The summed E-state index contributed by atoms with van der Waals surface area (Å²) in [6.07, 6.45) is 0.383. The summed E-state index contributed by atoms with van der Waals surface area (Å²) in [4.78, 5) is 45.6. The first-order chi connectivity index (χ1) is 7.61. The number of hydrogen-bond acceptors (Lipinski definition) is 4. The first-order valence-electron chi connectivity index (χ1n) is 4.98. The van der Waals surface area contributed by atoms with E-state index in [1.54, 1.807) is 0 Å². The minimum atomic E-state index is -0.499. The zero-order valence-electron chi connectivity index (χ0n) is 8.05. The Hall–Kier alpha value is -2.10. The van der Waals surface area contributed by atoms with Gasteiger partial charge in [-0.2, -0.15) is 0 Å². The van der Waals surface area contributed by atoms with Gasteiger partial charge in [0, 0.05) is 34.7 Å². The van der Waals surface area contributed by atoms with Crippen molar-refractivity contribution in [3.8, 4) is 0 Å². The largest absolute Gasteiger partial charge is 0.294 e. The molecule has 4 nitrogen and oxygen atoms in total. The van der Waals surface area contributed by atoms with Gasteiger partial charge in [0.25, 0.3) is 0 Å². The van der Waals surface area contributed by atoms with E-state index in [1.807, 2.05) is 0 Å². The highest BCUT2D eigenvalue weighted by Gasteiger charge is 2.42. The first-order valence-corrected chi connectivity index (χ1v) is 4.98. The topological polar surface area (TPSA) is 68.3 Å². The Labute approximate surface area is 88.2 Å². The van der Waals surface area contributed by atoms with E-state index in [0.29, 0.717) is 33.0 Å². The molecule has 4 rings (SSSR count). The number of carbonyl (C=O) groups is 2. The molecule has 16 heavy (non-hydrogen) atoms. The normalized spacial score (nSPS) is 17.0. The summed E-state index contributed by atoms with van der Waals surface area (Å²) in [5.41, 5.74) is 1.06. The molecule has 0 saturated heterocycles. The summed E-state index contributed by atoms with van der Waals surface area (Å²) in [6, 6.07) is 0. The fourth-order valence-electron chi connectivity index (χ4n) is 2.77. The minimum Gasteiger partial charge on any atom is -0.294 e. The molecule has 0 heterocycles. The Balaban J connectivity index is 2.32. The van der Waals surface area contributed by atoms with Gasteiger partial charge in [0.05, 0.1) is 0 Å². The van der Waals surface area contributed by atoms with E-state index in [1.165, 1.54) is 0 Å². The average molecular weight is 212 g/mol. The Bertz CT molecular complexity index is 747. The Morgan fingerprint density at radius 1 is 0.625 bits per heavy atom. The fraction of sp³-hybridized carbons (Fsp3) is 0.167. The molecule has 0 amide bonds. The quantitative estimate of drug-likeness (QED) is 0.572. The van der Waals surface area contributed by atoms with Crippen molar-refractivity contribution < 1.29 is 9.59 Å². The third kappa shape index (κ3) is 0.568. The summed E-state index contributed by atoms with van der Waals surface area (Å²) in [6.45, 7) is 0. The van der Waals surface area contributed by atoms with Crippen molar-refractivity contribution in [2.75, 3.05) is 0 Å². The summed E-state index contributed by atoms with van der Waals surface area (Å²) in [5, 5.41) is 0.816. The smallest absolute Gasteiger partial charge is 0.234 e. The molecule has 2 aromatic rings. The van der Waals surface area contributed by atoms with Gasteiger partial charge in [-0.05, 0) is 11.1 Å². The maximum Gasteiger partial charge on any atom is 0.234 e. The van der Waals surface area contributed by atoms with Crippen LogP contribution in [0.1, 0.15) is 31.8 Å². The lowest BCUT2D eigenvalue weighted by Gasteiger charge is -2.31. The molecule has 76 valence electrons. The van der Waals surface area contributed by atoms with E-state index in [2.05, 4.69) is 0 Å². The van der Waals surface area contributed by atoms with Gasteiger partial charge < -0.3 is 0 Å². The number of fused-ring (bicyclic) bond motifs is 6. The lowest BCUT2D eigenvalue weighted by molar-refractivity contribution is 0.0927. The van der Waals surface area contributed by atoms with E-state index in [-0.39, 0.29) is 24.4 Å². The highest BCUT2D eigenvalue weighted by Crippen LogP contribution is 2.40. The molecule has 2 aliphatic carbocycles. The molecular formula is C12H4O4. The van der Waals surface area contributed by atoms with Crippen LogP contribution in [0.4, 0.5) is 0 Å². The molecule has 2 aliphatic rings. The van der Waals surface area contributed by atoms with E-state index < -0.39 is 10.9 Å². The van der Waals surface area contributed by atoms with Crippen LogP contribution in [0.15, 0.2) is 9.59 Å². The SMILES string of the molecule is O=C1Cc2c1c1c(c3c(=O)c(=O)c23)CC1=O. The van der Waals surface area contributed by atoms with Crippen LogP contribution in [-0.4, -0.2) is 11.6 Å². The van der Waals surface area contributed by atoms with Gasteiger partial charge in [0.1, 0.15) is 0 Å². The molecule has 0 bridgehead atoms. The van der Waals surface area contributed by atoms with Gasteiger partial charge in [-0.3, -0.25) is 19.2 Å². The van der Waals surface area contributed by atoms with E-state index >= 15 is 0 Å². The molecule has 0 spiro atoms. The fourth-order valence-corrected chi connectivity index (χ4v) is 2.77. The molecule has 0 fully saturated rings. The lowest BCUT2D eigenvalue weighted by Crippen LogP contribution is -2.41. The van der Waals surface area contributed by atoms with Crippen molar-refractivity contribution in [1.29, 1.82) is 0 Å². The van der Waals surface area contributed by atoms with Gasteiger partial charge in [0.2, 0.25) is 10.9 Å². The Morgan fingerprint density at radius 3 is 1.31 bits per heavy atom. The number of rotatable bonds is 0. The predicted octanol–water partition coefficient (Wildman–Crippen LogP) is -0.0866. The zero-order chi connectivity index (χ0) is 11.2. The second kappa shape index (κ2) is 2.04. The second-order valence-corrected chi connectivity index (χ2v) is 4.32. The predicted molar refractivity (Wildman–Crippen MR) is 54.9 cm³/mol. The average Bonchev–Trinajstić information content (AvgIpc) is 2.26. The van der Waals surface area contributed by atoms with Crippen molar-refractivity contribution >= 4 is 22.3 Å². The molecule has 0 N–H and O–H groups in total. The van der Waals surface area contributed by atoms with Crippen LogP contribution in [0.5, 0.6) is 0 Å². The van der Waals surface area contributed by atoms with Crippen LogP contribution < -0.4 is 10.9 Å². The standard InChI is InChI=1S/C12H4O4/c13-5-1-3-7(5)8-4(2-6(8)14)10-9(3)11(15)12(10)16/h1-2H2. The van der Waals surface area contributed by atoms with E-state index in [4.69, 9.17) is 0 Å². The molecular weight excluding hydrogens is 208 g/mol. The number of hydrogen-bond donors (Lipinski definition) is 0. The molecule has 0 atom stereocenters. The van der Waals surface area contributed by atoms with Crippen LogP contribution in [0.2, 0.25) is 0 Å². The van der Waals surface area contributed by atoms with Crippen LogP contribution in [0, 0.1) is 0 Å². The van der Waals surface area contributed by atoms with Crippen LogP contribution in [0.25, 0.3) is 10.8 Å². The van der Waals surface area contributed by atoms with Gasteiger partial charge >= 0.3 is 0 Å². The zero-order valence-corrected chi connectivity index (χ0v) is 8.05. The van der Waals surface area contributed by atoms with Gasteiger partial charge in [-0.25, -0.2) is 0 Å². The molecule has 0 aliphatic heterocycles. The van der Waals surface area contributed by atoms with Gasteiger partial charge in [-0.1, -0.05) is 0 Å². The summed E-state index contributed by atoms with van der Waals surface area (Å²) in [7, 11) is 0. The molecule has 0 aromatic heterocycles. The van der Waals surface area contributed by atoms with E-state index in [0.717, 1.165) is 0 Å². The second-order valence-electron chi connectivity index (χ2n) is 4.32. The van der Waals surface area contributed by atoms with Crippen LogP contribution >= 0.6 is 0 Å². The molecule has 0 saturated carbocycles. The van der Waals surface area contributed by atoms with Crippen molar-refractivity contribution in [3.63, 3.8) is 0 Å². The van der Waals surface area contributed by atoms with Crippen LogP contribution in [-0.2, 0) is 12.8 Å². The third-order valence-corrected chi connectivity index (χ3v) is 3.60. The highest BCUT2D eigenvalue weighted by molar-refractivity contribution is 6.26. The van der Waals surface area contributed by atoms with Crippen molar-refractivity contribution in [3.05, 3.63) is 42.7 Å². The first kappa shape index (κ1) is 8.10. The van der Waals surface area contributed by atoms with Crippen molar-refractivity contribution in [1.82, 2.24) is 0 Å². The molecule has 4 heteroatoms. The third-order valence-electron chi connectivity index (χ3n) is 3.60. The lowest BCUT2D eigenvalue weighted by atomic mass is 9.69. The van der Waals surface area contributed by atoms with Crippen molar-refractivity contribution in [2.24, 2.45) is 0 Å². The van der Waals surface area contributed by atoms with Gasteiger partial charge in [0.15, 0.2) is 11.6 Å². The highest BCUT2D eigenvalue weighted by atomic mass is 16.2. The number of benzene rings is 1. The van der Waals surface area contributed by atoms with Crippen molar-refractivity contribution in [2.45, 2.75) is 12.8 Å². The Kier molecular flexibility index (Phi) is 1.03. The number of Topliss-reactive ketones (excluding diaryl/α,β-unsaturated/α-hetero) is 2. The number of ketones is 2. The summed E-state index contributed by atoms with van der Waals surface area (Å²) in [5.74, 6) is -0.177. The molecule has 0 unspecified atom stereocenters. The minimum absolute atomic E-state index is 0.0887. The van der Waals surface area contributed by atoms with Crippen LogP contribution in [0.3, 0.4) is 0 Å². The number of carbonyl (C=O) groups excluding carboxylic acids is 2. The molecule has 2 aromatic carbocycles. The monoisotopic (exact) mass is 212 g/mol. The maximum absolute atomic E-state index is 11.4.